The molecule has 0 aromatic heterocycles. The third kappa shape index (κ3) is 6.55. The molecule has 0 aliphatic rings. The normalized spacial score (nSPS) is 11.9. The fourth-order valence-electron chi connectivity index (χ4n) is 0.991. The molecule has 0 unspecified atom stereocenters. The van der Waals surface area contributed by atoms with Crippen molar-refractivity contribution in [1.82, 2.24) is 10.2 Å². The lowest BCUT2D eigenvalue weighted by atomic mass is 10.3. The Balaban J connectivity index is 3.74. The third-order valence-corrected chi connectivity index (χ3v) is 3.75. The van der Waals surface area contributed by atoms with Crippen LogP contribution in [0.5, 0.6) is 0 Å². The van der Waals surface area contributed by atoms with Gasteiger partial charge < -0.3 is 4.52 Å². The summed E-state index contributed by atoms with van der Waals surface area (Å²) in [6.45, 7) is 5.68. The molecule has 0 saturated carbocycles. The first kappa shape index (κ1) is 14.1. The Hall–Kier alpha value is 0.110. The minimum Gasteiger partial charge on any atom is -0.310 e. The van der Waals surface area contributed by atoms with E-state index in [0.717, 1.165) is 38.8 Å². The molecule has 0 aromatic carbocycles. The van der Waals surface area contributed by atoms with Crippen LogP contribution in [-0.2, 0) is 9.09 Å². The van der Waals surface area contributed by atoms with Gasteiger partial charge in [-0.2, -0.15) is 0 Å². The predicted octanol–water partition coefficient (Wildman–Crippen LogP) is 2.52. The SMILES string of the molecule is CCCCNP(=O)(NCCCC)OC. The molecule has 0 heterocycles. The van der Waals surface area contributed by atoms with Gasteiger partial charge in [0.2, 0.25) is 0 Å². The van der Waals surface area contributed by atoms with E-state index in [0.29, 0.717) is 0 Å². The van der Waals surface area contributed by atoms with Crippen LogP contribution in [-0.4, -0.2) is 20.2 Å². The lowest BCUT2D eigenvalue weighted by molar-refractivity contribution is 0.369. The molecule has 14 heavy (non-hydrogen) atoms. The van der Waals surface area contributed by atoms with E-state index in [1.807, 2.05) is 0 Å². The van der Waals surface area contributed by atoms with E-state index < -0.39 is 7.67 Å². The smallest absolute Gasteiger partial charge is 0.310 e. The largest absolute Gasteiger partial charge is 0.340 e. The molecule has 0 aliphatic carbocycles. The maximum absolute atomic E-state index is 11.9. The molecule has 0 amide bonds. The highest BCUT2D eigenvalue weighted by atomic mass is 31.2. The van der Waals surface area contributed by atoms with E-state index in [-0.39, 0.29) is 0 Å². The molecule has 5 heteroatoms. The fourth-order valence-corrected chi connectivity index (χ4v) is 2.27. The summed E-state index contributed by atoms with van der Waals surface area (Å²) in [6, 6.07) is 0. The van der Waals surface area contributed by atoms with Crippen molar-refractivity contribution >= 4 is 7.67 Å². The van der Waals surface area contributed by atoms with E-state index in [1.165, 1.54) is 7.11 Å². The van der Waals surface area contributed by atoms with Crippen molar-refractivity contribution in [3.63, 3.8) is 0 Å². The van der Waals surface area contributed by atoms with Gasteiger partial charge in [0.05, 0.1) is 0 Å². The zero-order valence-corrected chi connectivity index (χ0v) is 10.4. The minimum atomic E-state index is -2.76. The molecular formula is C9H23N2O2P. The molecule has 0 rings (SSSR count). The van der Waals surface area contributed by atoms with Gasteiger partial charge in [-0.3, -0.25) is 4.57 Å². The van der Waals surface area contributed by atoms with Crippen molar-refractivity contribution < 1.29 is 9.09 Å². The monoisotopic (exact) mass is 222 g/mol. The van der Waals surface area contributed by atoms with Crippen LogP contribution in [0, 0.1) is 0 Å². The number of nitrogens with one attached hydrogen (secondary N) is 2. The third-order valence-electron chi connectivity index (χ3n) is 1.96. The van der Waals surface area contributed by atoms with Crippen LogP contribution in [0.15, 0.2) is 0 Å². The van der Waals surface area contributed by atoms with Gasteiger partial charge in [0.25, 0.3) is 0 Å². The summed E-state index contributed by atoms with van der Waals surface area (Å²) in [5.41, 5.74) is 0. The second-order valence-corrected chi connectivity index (χ2v) is 5.36. The standard InChI is InChI=1S/C9H23N2O2P/c1-4-6-8-10-14(12,13-3)11-9-7-5-2/h4-9H2,1-3H3,(H2,10,11,12). The second-order valence-electron chi connectivity index (χ2n) is 3.26. The lowest BCUT2D eigenvalue weighted by Crippen LogP contribution is -2.25. The van der Waals surface area contributed by atoms with Gasteiger partial charge in [0, 0.05) is 20.2 Å². The Morgan fingerprint density at radius 1 is 1.07 bits per heavy atom. The van der Waals surface area contributed by atoms with Crippen molar-refractivity contribution in [1.29, 1.82) is 0 Å². The molecule has 86 valence electrons. The van der Waals surface area contributed by atoms with Gasteiger partial charge in [-0.25, -0.2) is 10.2 Å². The highest BCUT2D eigenvalue weighted by Crippen LogP contribution is 2.35. The summed E-state index contributed by atoms with van der Waals surface area (Å²) >= 11 is 0. The van der Waals surface area contributed by atoms with Crippen molar-refractivity contribution in [2.24, 2.45) is 0 Å². The zero-order valence-electron chi connectivity index (χ0n) is 9.51. The summed E-state index contributed by atoms with van der Waals surface area (Å²) < 4.78 is 16.9. The van der Waals surface area contributed by atoms with Crippen LogP contribution in [0.3, 0.4) is 0 Å². The summed E-state index contributed by atoms with van der Waals surface area (Å²) in [5, 5.41) is 5.86. The quantitative estimate of drug-likeness (QED) is 0.465. The average Bonchev–Trinajstić information content (AvgIpc) is 2.19. The van der Waals surface area contributed by atoms with E-state index in [4.69, 9.17) is 4.52 Å². The van der Waals surface area contributed by atoms with Crippen LogP contribution in [0.25, 0.3) is 0 Å². The van der Waals surface area contributed by atoms with Gasteiger partial charge in [-0.05, 0) is 12.8 Å². The Morgan fingerprint density at radius 3 is 1.79 bits per heavy atom. The summed E-state index contributed by atoms with van der Waals surface area (Å²) in [5.74, 6) is 0. The Morgan fingerprint density at radius 2 is 1.50 bits per heavy atom. The van der Waals surface area contributed by atoms with E-state index >= 15 is 0 Å². The molecule has 0 radical (unpaired) electrons. The van der Waals surface area contributed by atoms with Crippen molar-refractivity contribution in [2.45, 2.75) is 39.5 Å². The lowest BCUT2D eigenvalue weighted by Gasteiger charge is -2.18. The van der Waals surface area contributed by atoms with E-state index in [9.17, 15) is 4.57 Å². The zero-order chi connectivity index (χ0) is 10.9. The summed E-state index contributed by atoms with van der Waals surface area (Å²) in [6.07, 6.45) is 4.21. The summed E-state index contributed by atoms with van der Waals surface area (Å²) in [4.78, 5) is 0. The van der Waals surface area contributed by atoms with E-state index in [2.05, 4.69) is 24.0 Å². The molecule has 2 N–H and O–H groups in total. The van der Waals surface area contributed by atoms with Crippen LogP contribution < -0.4 is 10.2 Å². The van der Waals surface area contributed by atoms with Crippen molar-refractivity contribution in [3.05, 3.63) is 0 Å². The highest BCUT2D eigenvalue weighted by molar-refractivity contribution is 7.54. The van der Waals surface area contributed by atoms with Gasteiger partial charge in [0.1, 0.15) is 0 Å². The molecule has 0 spiro atoms. The number of unbranched alkanes of at least 4 members (excludes halogenated alkanes) is 2. The number of hydrogen-bond donors (Lipinski definition) is 2. The van der Waals surface area contributed by atoms with Gasteiger partial charge >= 0.3 is 7.67 Å². The topological polar surface area (TPSA) is 50.4 Å². The molecular weight excluding hydrogens is 199 g/mol. The maximum atomic E-state index is 11.9. The predicted molar refractivity (Wildman–Crippen MR) is 60.4 cm³/mol. The van der Waals surface area contributed by atoms with Gasteiger partial charge in [-0.15, -0.1) is 0 Å². The first-order valence-electron chi connectivity index (χ1n) is 5.34. The second kappa shape index (κ2) is 8.42. The Labute approximate surface area is 87.4 Å². The average molecular weight is 222 g/mol. The van der Waals surface area contributed by atoms with Crippen molar-refractivity contribution in [3.8, 4) is 0 Å². The highest BCUT2D eigenvalue weighted by Gasteiger charge is 2.18. The number of hydrogen-bond acceptors (Lipinski definition) is 2. The Kier molecular flexibility index (Phi) is 8.49. The minimum absolute atomic E-state index is 0.737. The molecule has 0 aromatic rings. The fraction of sp³-hybridized carbons (Fsp3) is 1.00. The first-order valence-corrected chi connectivity index (χ1v) is 6.97. The summed E-state index contributed by atoms with van der Waals surface area (Å²) in [7, 11) is -1.29. The maximum Gasteiger partial charge on any atom is 0.340 e. The number of rotatable bonds is 9. The van der Waals surface area contributed by atoms with Gasteiger partial charge in [-0.1, -0.05) is 26.7 Å². The first-order chi connectivity index (χ1) is 6.68. The molecule has 4 nitrogen and oxygen atoms in total. The van der Waals surface area contributed by atoms with Crippen LogP contribution >= 0.6 is 7.67 Å². The van der Waals surface area contributed by atoms with Crippen molar-refractivity contribution in [2.75, 3.05) is 20.2 Å². The van der Waals surface area contributed by atoms with Crippen LogP contribution in [0.2, 0.25) is 0 Å². The van der Waals surface area contributed by atoms with Crippen LogP contribution in [0.1, 0.15) is 39.5 Å². The molecule has 0 atom stereocenters. The molecule has 0 saturated heterocycles. The Bertz CT molecular complexity index is 162. The van der Waals surface area contributed by atoms with E-state index in [1.54, 1.807) is 0 Å². The molecule has 0 aliphatic heterocycles. The molecule has 0 fully saturated rings. The van der Waals surface area contributed by atoms with Gasteiger partial charge in [0.15, 0.2) is 0 Å². The molecule has 0 bridgehead atoms. The van der Waals surface area contributed by atoms with Crippen LogP contribution in [0.4, 0.5) is 0 Å².